The highest BCUT2D eigenvalue weighted by atomic mass is 35.5. The Kier molecular flexibility index (Phi) is 5.58. The van der Waals surface area contributed by atoms with Gasteiger partial charge in [0.05, 0.1) is 22.7 Å². The molecule has 4 nitrogen and oxygen atoms in total. The van der Waals surface area contributed by atoms with E-state index in [9.17, 15) is 10.1 Å². The van der Waals surface area contributed by atoms with Gasteiger partial charge in [0.15, 0.2) is 5.16 Å². The number of aromatic nitrogens is 2. The van der Waals surface area contributed by atoms with Gasteiger partial charge in [-0.25, -0.2) is 4.98 Å². The second-order valence-electron chi connectivity index (χ2n) is 7.46. The highest BCUT2D eigenvalue weighted by Gasteiger charge is 2.23. The van der Waals surface area contributed by atoms with Crippen molar-refractivity contribution in [1.82, 2.24) is 9.55 Å². The molecule has 0 unspecified atom stereocenters. The van der Waals surface area contributed by atoms with Crippen molar-refractivity contribution < 1.29 is 0 Å². The van der Waals surface area contributed by atoms with Crippen LogP contribution in [0, 0.1) is 11.3 Å². The van der Waals surface area contributed by atoms with Gasteiger partial charge in [0, 0.05) is 15.7 Å². The third-order valence-electron chi connectivity index (χ3n) is 5.54. The molecule has 0 atom stereocenters. The van der Waals surface area contributed by atoms with Crippen molar-refractivity contribution in [2.24, 2.45) is 0 Å². The van der Waals surface area contributed by atoms with Crippen LogP contribution < -0.4 is 5.56 Å². The van der Waals surface area contributed by atoms with Gasteiger partial charge >= 0.3 is 0 Å². The number of hydrogen-bond acceptors (Lipinski definition) is 5. The van der Waals surface area contributed by atoms with Crippen LogP contribution in [0.4, 0.5) is 0 Å². The maximum absolute atomic E-state index is 13.7. The van der Waals surface area contributed by atoms with Crippen molar-refractivity contribution in [3.8, 4) is 11.8 Å². The van der Waals surface area contributed by atoms with Crippen LogP contribution in [0.2, 0.25) is 5.02 Å². The molecule has 2 heterocycles. The van der Waals surface area contributed by atoms with Gasteiger partial charge < -0.3 is 0 Å². The van der Waals surface area contributed by atoms with E-state index < -0.39 is 0 Å². The number of rotatable bonds is 4. The van der Waals surface area contributed by atoms with E-state index in [2.05, 4.69) is 6.07 Å². The van der Waals surface area contributed by atoms with Crippen molar-refractivity contribution in [3.63, 3.8) is 0 Å². The molecule has 0 saturated heterocycles. The van der Waals surface area contributed by atoms with Crippen molar-refractivity contribution in [2.45, 2.75) is 36.6 Å². The Morgan fingerprint density at radius 3 is 2.71 bits per heavy atom. The van der Waals surface area contributed by atoms with Crippen molar-refractivity contribution >= 4 is 44.9 Å². The Bertz CT molecular complexity index is 1380. The van der Waals surface area contributed by atoms with Gasteiger partial charge in [0.2, 0.25) is 0 Å². The molecule has 2 aromatic carbocycles. The van der Waals surface area contributed by atoms with Gasteiger partial charge in [-0.2, -0.15) is 5.26 Å². The molecule has 0 aliphatic heterocycles. The predicted octanol–water partition coefficient (Wildman–Crippen LogP) is 6.14. The summed E-state index contributed by atoms with van der Waals surface area (Å²) in [6.07, 6.45) is 4.24. The van der Waals surface area contributed by atoms with E-state index in [4.69, 9.17) is 16.6 Å². The second-order valence-corrected chi connectivity index (χ2v) is 9.92. The number of hydrogen-bond donors (Lipinski definition) is 0. The standard InChI is InChI=1S/C24H18ClN3OS2/c25-17-9-11-18(12-10-17)28-23(29)21-19-7-3-4-8-20(19)31-22(21)27-24(28)30-14-16-6-2-1-5-15(16)13-26/h1-2,5-6,9-12H,3-4,7-8,14H2. The molecule has 2 aromatic heterocycles. The van der Waals surface area contributed by atoms with E-state index >= 15 is 0 Å². The Balaban J connectivity index is 1.67. The number of fused-ring (bicyclic) bond motifs is 3. The molecule has 0 radical (unpaired) electrons. The van der Waals surface area contributed by atoms with Gasteiger partial charge in [-0.15, -0.1) is 11.3 Å². The van der Waals surface area contributed by atoms with E-state index in [1.807, 2.05) is 36.4 Å². The minimum Gasteiger partial charge on any atom is -0.268 e. The first-order chi connectivity index (χ1) is 15.2. The predicted molar refractivity (Wildman–Crippen MR) is 128 cm³/mol. The summed E-state index contributed by atoms with van der Waals surface area (Å²) in [5.74, 6) is 0.556. The molecule has 5 rings (SSSR count). The molecular formula is C24H18ClN3OS2. The summed E-state index contributed by atoms with van der Waals surface area (Å²) in [5, 5.41) is 11.4. The molecule has 7 heteroatoms. The summed E-state index contributed by atoms with van der Waals surface area (Å²) >= 11 is 9.22. The fourth-order valence-electron chi connectivity index (χ4n) is 4.00. The third-order valence-corrected chi connectivity index (χ3v) is 7.96. The van der Waals surface area contributed by atoms with Crippen LogP contribution in [0.1, 0.15) is 34.4 Å². The lowest BCUT2D eigenvalue weighted by atomic mass is 9.97. The van der Waals surface area contributed by atoms with Gasteiger partial charge in [0.25, 0.3) is 5.56 Å². The number of aryl methyl sites for hydroxylation is 2. The molecule has 0 bridgehead atoms. The maximum atomic E-state index is 13.7. The lowest BCUT2D eigenvalue weighted by Gasteiger charge is -2.14. The zero-order chi connectivity index (χ0) is 21.4. The van der Waals surface area contributed by atoms with Crippen molar-refractivity contribution in [1.29, 1.82) is 5.26 Å². The first-order valence-electron chi connectivity index (χ1n) is 10.1. The molecule has 0 amide bonds. The molecule has 0 fully saturated rings. The first-order valence-corrected chi connectivity index (χ1v) is 12.3. The van der Waals surface area contributed by atoms with Crippen LogP contribution >= 0.6 is 34.7 Å². The number of benzene rings is 2. The highest BCUT2D eigenvalue weighted by Crippen LogP contribution is 2.35. The summed E-state index contributed by atoms with van der Waals surface area (Å²) in [7, 11) is 0. The Labute approximate surface area is 193 Å². The molecule has 4 aromatic rings. The number of nitriles is 1. The average Bonchev–Trinajstić information content (AvgIpc) is 3.17. The quantitative estimate of drug-likeness (QED) is 0.269. The summed E-state index contributed by atoms with van der Waals surface area (Å²) in [4.78, 5) is 20.8. The molecule has 0 saturated carbocycles. The molecule has 31 heavy (non-hydrogen) atoms. The van der Waals surface area contributed by atoms with E-state index in [1.165, 1.54) is 22.2 Å². The average molecular weight is 464 g/mol. The first kappa shape index (κ1) is 20.3. The zero-order valence-corrected chi connectivity index (χ0v) is 19.0. The SMILES string of the molecule is N#Cc1ccccc1CSc1nc2sc3c(c2c(=O)n1-c1ccc(Cl)cc1)CCCC3. The van der Waals surface area contributed by atoms with Gasteiger partial charge in [-0.3, -0.25) is 9.36 Å². The lowest BCUT2D eigenvalue weighted by molar-refractivity contribution is 0.699. The lowest BCUT2D eigenvalue weighted by Crippen LogP contribution is -2.22. The van der Waals surface area contributed by atoms with E-state index in [0.29, 0.717) is 21.5 Å². The van der Waals surface area contributed by atoms with Crippen LogP contribution in [0.25, 0.3) is 15.9 Å². The third kappa shape index (κ3) is 3.78. The minimum atomic E-state index is -0.0252. The van der Waals surface area contributed by atoms with Crippen LogP contribution in [-0.2, 0) is 18.6 Å². The summed E-state index contributed by atoms with van der Waals surface area (Å²) in [6.45, 7) is 0. The summed E-state index contributed by atoms with van der Waals surface area (Å²) in [5.41, 5.74) is 3.47. The van der Waals surface area contributed by atoms with Crippen LogP contribution in [0.15, 0.2) is 58.5 Å². The second kappa shape index (κ2) is 8.51. The Morgan fingerprint density at radius 2 is 1.90 bits per heavy atom. The summed E-state index contributed by atoms with van der Waals surface area (Å²) < 4.78 is 1.69. The Morgan fingerprint density at radius 1 is 1.13 bits per heavy atom. The molecule has 0 N–H and O–H groups in total. The summed E-state index contributed by atoms with van der Waals surface area (Å²) in [6, 6.07) is 17.1. The van der Waals surface area contributed by atoms with E-state index in [-0.39, 0.29) is 5.56 Å². The van der Waals surface area contributed by atoms with Gasteiger partial charge in [0.1, 0.15) is 4.83 Å². The normalized spacial score (nSPS) is 13.2. The van der Waals surface area contributed by atoms with Crippen LogP contribution in [0.3, 0.4) is 0 Å². The molecule has 0 spiro atoms. The highest BCUT2D eigenvalue weighted by molar-refractivity contribution is 7.98. The van der Waals surface area contributed by atoms with E-state index in [1.54, 1.807) is 28.0 Å². The number of thiophene rings is 1. The number of thioether (sulfide) groups is 1. The largest absolute Gasteiger partial charge is 0.268 e. The molecule has 1 aliphatic rings. The minimum absolute atomic E-state index is 0.0252. The zero-order valence-electron chi connectivity index (χ0n) is 16.6. The maximum Gasteiger partial charge on any atom is 0.267 e. The van der Waals surface area contributed by atoms with Crippen LogP contribution in [0.5, 0.6) is 0 Å². The fraction of sp³-hybridized carbons (Fsp3) is 0.208. The number of halogens is 1. The molecule has 1 aliphatic carbocycles. The Hall–Kier alpha value is -2.59. The molecule has 154 valence electrons. The van der Waals surface area contributed by atoms with Crippen molar-refractivity contribution in [2.75, 3.05) is 0 Å². The molecular weight excluding hydrogens is 446 g/mol. The van der Waals surface area contributed by atoms with E-state index in [0.717, 1.165) is 47.2 Å². The van der Waals surface area contributed by atoms with Gasteiger partial charge in [-0.05, 0) is 67.1 Å². The van der Waals surface area contributed by atoms with Crippen molar-refractivity contribution in [3.05, 3.63) is 85.5 Å². The number of nitrogens with zero attached hydrogens (tertiary/aromatic N) is 3. The topological polar surface area (TPSA) is 58.7 Å². The van der Waals surface area contributed by atoms with Gasteiger partial charge in [-0.1, -0.05) is 41.6 Å². The smallest absolute Gasteiger partial charge is 0.267 e. The fourth-order valence-corrected chi connectivity index (χ4v) is 6.44. The monoisotopic (exact) mass is 463 g/mol. The van der Waals surface area contributed by atoms with Crippen LogP contribution in [-0.4, -0.2) is 9.55 Å².